The number of fused-ring (bicyclic) bond motifs is 1. The summed E-state index contributed by atoms with van der Waals surface area (Å²) in [6, 6.07) is 16.5. The van der Waals surface area contributed by atoms with Crippen LogP contribution < -0.4 is 0 Å². The largest absolute Gasteiger partial charge is 0.392 e. The third kappa shape index (κ3) is 2.11. The third-order valence-electron chi connectivity index (χ3n) is 3.75. The molecule has 0 aromatic heterocycles. The van der Waals surface area contributed by atoms with Crippen LogP contribution in [0.3, 0.4) is 0 Å². The first kappa shape index (κ1) is 11.9. The number of hydrogen-bond donors (Lipinski definition) is 1. The van der Waals surface area contributed by atoms with Crippen LogP contribution in [0.1, 0.15) is 22.6 Å². The first-order valence-corrected chi connectivity index (χ1v) is 7.04. The minimum absolute atomic E-state index is 0.293. The van der Waals surface area contributed by atoms with Gasteiger partial charge in [-0.15, -0.1) is 0 Å². The zero-order chi connectivity index (χ0) is 12.5. The summed E-state index contributed by atoms with van der Waals surface area (Å²) in [7, 11) is 0. The van der Waals surface area contributed by atoms with Crippen LogP contribution in [-0.2, 0) is 12.8 Å². The normalized spacial score (nSPS) is 18.9. The van der Waals surface area contributed by atoms with Gasteiger partial charge < -0.3 is 5.11 Å². The molecule has 0 aliphatic heterocycles. The van der Waals surface area contributed by atoms with Gasteiger partial charge in [0, 0.05) is 16.8 Å². The fourth-order valence-electron chi connectivity index (χ4n) is 2.67. The summed E-state index contributed by atoms with van der Waals surface area (Å²) in [6.07, 6.45) is 1.42. The zero-order valence-electron chi connectivity index (χ0n) is 10.0. The van der Waals surface area contributed by atoms with Crippen LogP contribution >= 0.6 is 15.9 Å². The Labute approximate surface area is 116 Å². The van der Waals surface area contributed by atoms with Gasteiger partial charge in [0.15, 0.2) is 0 Å². The number of benzene rings is 2. The molecule has 0 fully saturated rings. The van der Waals surface area contributed by atoms with E-state index in [1.807, 2.05) is 18.2 Å². The molecule has 3 rings (SSSR count). The fourth-order valence-corrected chi connectivity index (χ4v) is 3.12. The summed E-state index contributed by atoms with van der Waals surface area (Å²) in [5, 5.41) is 10.4. The van der Waals surface area contributed by atoms with E-state index in [9.17, 15) is 5.11 Å². The van der Waals surface area contributed by atoms with Crippen LogP contribution in [-0.4, -0.2) is 11.2 Å². The maximum atomic E-state index is 10.4. The highest BCUT2D eigenvalue weighted by Crippen LogP contribution is 2.38. The molecule has 0 saturated carbocycles. The van der Waals surface area contributed by atoms with E-state index >= 15 is 0 Å². The smallest absolute Gasteiger partial charge is 0.0652 e. The van der Waals surface area contributed by atoms with Gasteiger partial charge in [-0.05, 0) is 29.2 Å². The lowest BCUT2D eigenvalue weighted by Crippen LogP contribution is -2.30. The predicted molar refractivity (Wildman–Crippen MR) is 76.7 cm³/mol. The summed E-state index contributed by atoms with van der Waals surface area (Å²) in [5.41, 5.74) is 3.88. The lowest BCUT2D eigenvalue weighted by molar-refractivity contribution is 0.133. The van der Waals surface area contributed by atoms with E-state index in [0.29, 0.717) is 12.3 Å². The molecule has 0 bridgehead atoms. The predicted octanol–water partition coefficient (Wildman–Crippen LogP) is 3.69. The van der Waals surface area contributed by atoms with E-state index in [1.54, 1.807) is 0 Å². The van der Waals surface area contributed by atoms with E-state index in [-0.39, 0.29) is 6.10 Å². The van der Waals surface area contributed by atoms with Crippen molar-refractivity contribution in [3.63, 3.8) is 0 Å². The van der Waals surface area contributed by atoms with Crippen molar-refractivity contribution in [2.45, 2.75) is 24.9 Å². The molecule has 1 aliphatic rings. The average Bonchev–Trinajstić information content (AvgIpc) is 2.34. The van der Waals surface area contributed by atoms with Crippen molar-refractivity contribution in [1.29, 1.82) is 0 Å². The molecule has 2 aromatic rings. The van der Waals surface area contributed by atoms with E-state index < -0.39 is 0 Å². The number of aliphatic hydroxyl groups is 1. The van der Waals surface area contributed by atoms with Crippen LogP contribution in [0.25, 0.3) is 0 Å². The molecule has 92 valence electrons. The minimum atomic E-state index is -0.293. The van der Waals surface area contributed by atoms with Gasteiger partial charge >= 0.3 is 0 Å². The monoisotopic (exact) mass is 302 g/mol. The first-order chi connectivity index (χ1) is 8.75. The Hall–Kier alpha value is -1.12. The first-order valence-electron chi connectivity index (χ1n) is 6.25. The van der Waals surface area contributed by atoms with E-state index in [0.717, 1.165) is 10.9 Å². The average molecular weight is 303 g/mol. The van der Waals surface area contributed by atoms with Crippen molar-refractivity contribution in [3.8, 4) is 0 Å². The topological polar surface area (TPSA) is 20.2 Å². The van der Waals surface area contributed by atoms with E-state index in [4.69, 9.17) is 0 Å². The molecule has 1 N–H and O–H groups in total. The van der Waals surface area contributed by atoms with Crippen LogP contribution in [0.15, 0.2) is 53.0 Å². The maximum absolute atomic E-state index is 10.4. The van der Waals surface area contributed by atoms with Crippen molar-refractivity contribution >= 4 is 15.9 Å². The Morgan fingerprint density at radius 1 is 1.11 bits per heavy atom. The molecule has 2 aromatic carbocycles. The standard InChI is InChI=1S/C16H15BrO/c17-15-8-4-2-6-12(15)10-16(18)14-9-11-5-1-3-7-13(11)14/h1-8,14,16,18H,9-10H2. The molecule has 0 amide bonds. The molecule has 0 heterocycles. The Balaban J connectivity index is 1.75. The van der Waals surface area contributed by atoms with Crippen LogP contribution in [0.2, 0.25) is 0 Å². The second kappa shape index (κ2) is 4.87. The van der Waals surface area contributed by atoms with Crippen molar-refractivity contribution < 1.29 is 5.11 Å². The van der Waals surface area contributed by atoms with Gasteiger partial charge in [0.25, 0.3) is 0 Å². The quantitative estimate of drug-likeness (QED) is 0.917. The highest BCUT2D eigenvalue weighted by molar-refractivity contribution is 9.10. The van der Waals surface area contributed by atoms with Gasteiger partial charge in [-0.25, -0.2) is 0 Å². The highest BCUT2D eigenvalue weighted by Gasteiger charge is 2.31. The molecule has 2 unspecified atom stereocenters. The molecule has 1 aliphatic carbocycles. The molecule has 18 heavy (non-hydrogen) atoms. The van der Waals surface area contributed by atoms with Gasteiger partial charge in [0.2, 0.25) is 0 Å². The number of halogens is 1. The molecule has 2 atom stereocenters. The SMILES string of the molecule is OC(Cc1ccccc1Br)C1Cc2ccccc21. The fraction of sp³-hybridized carbons (Fsp3) is 0.250. The molecule has 0 radical (unpaired) electrons. The summed E-state index contributed by atoms with van der Waals surface area (Å²) >= 11 is 3.53. The Kier molecular flexibility index (Phi) is 3.23. The molecule has 1 nitrogen and oxygen atoms in total. The van der Waals surface area contributed by atoms with Gasteiger partial charge in [0.05, 0.1) is 6.10 Å². The molecule has 2 heteroatoms. The third-order valence-corrected chi connectivity index (χ3v) is 4.52. The van der Waals surface area contributed by atoms with Gasteiger partial charge in [-0.2, -0.15) is 0 Å². The Bertz CT molecular complexity index is 565. The maximum Gasteiger partial charge on any atom is 0.0652 e. The lowest BCUT2D eigenvalue weighted by Gasteiger charge is -2.34. The van der Waals surface area contributed by atoms with Crippen LogP contribution in [0.5, 0.6) is 0 Å². The van der Waals surface area contributed by atoms with Crippen molar-refractivity contribution in [1.82, 2.24) is 0 Å². The second-order valence-electron chi connectivity index (χ2n) is 4.87. The van der Waals surface area contributed by atoms with E-state index in [2.05, 4.69) is 46.3 Å². The Morgan fingerprint density at radius 3 is 2.61 bits per heavy atom. The van der Waals surface area contributed by atoms with Crippen molar-refractivity contribution in [2.24, 2.45) is 0 Å². The summed E-state index contributed by atoms with van der Waals surface area (Å²) in [5.74, 6) is 0.299. The summed E-state index contributed by atoms with van der Waals surface area (Å²) in [4.78, 5) is 0. The molecule has 0 saturated heterocycles. The van der Waals surface area contributed by atoms with Gasteiger partial charge in [-0.1, -0.05) is 58.4 Å². The Morgan fingerprint density at radius 2 is 1.83 bits per heavy atom. The number of hydrogen-bond acceptors (Lipinski definition) is 1. The van der Waals surface area contributed by atoms with Gasteiger partial charge in [-0.3, -0.25) is 0 Å². The number of aliphatic hydroxyl groups excluding tert-OH is 1. The second-order valence-corrected chi connectivity index (χ2v) is 5.73. The summed E-state index contributed by atoms with van der Waals surface area (Å²) in [6.45, 7) is 0. The van der Waals surface area contributed by atoms with E-state index in [1.165, 1.54) is 16.7 Å². The molecular weight excluding hydrogens is 288 g/mol. The van der Waals surface area contributed by atoms with Crippen LogP contribution in [0, 0.1) is 0 Å². The minimum Gasteiger partial charge on any atom is -0.392 e. The van der Waals surface area contributed by atoms with Crippen LogP contribution in [0.4, 0.5) is 0 Å². The van der Waals surface area contributed by atoms with Crippen molar-refractivity contribution in [2.75, 3.05) is 0 Å². The van der Waals surface area contributed by atoms with Gasteiger partial charge in [0.1, 0.15) is 0 Å². The lowest BCUT2D eigenvalue weighted by atomic mass is 9.73. The highest BCUT2D eigenvalue weighted by atomic mass is 79.9. The summed E-state index contributed by atoms with van der Waals surface area (Å²) < 4.78 is 1.08. The van der Waals surface area contributed by atoms with Crippen molar-refractivity contribution in [3.05, 3.63) is 69.7 Å². The molecule has 0 spiro atoms. The molecular formula is C16H15BrO. The zero-order valence-corrected chi connectivity index (χ0v) is 11.6. The number of rotatable bonds is 3.